The monoisotopic (exact) mass is 299 g/mol. The van der Waals surface area contributed by atoms with Gasteiger partial charge in [-0.25, -0.2) is 4.98 Å². The van der Waals surface area contributed by atoms with Crippen molar-refractivity contribution in [3.05, 3.63) is 21.9 Å². The minimum atomic E-state index is -0.0124. The molecule has 0 aromatic carbocycles. The zero-order valence-corrected chi connectivity index (χ0v) is 12.2. The van der Waals surface area contributed by atoms with Crippen LogP contribution in [0, 0.1) is 0 Å². The Hall–Kier alpha value is -1.47. The molecule has 0 aliphatic rings. The minimum Gasteiger partial charge on any atom is -0.461 e. The van der Waals surface area contributed by atoms with Crippen LogP contribution in [0.15, 0.2) is 11.6 Å². The van der Waals surface area contributed by atoms with Gasteiger partial charge in [-0.3, -0.25) is 0 Å². The highest BCUT2D eigenvalue weighted by Gasteiger charge is 2.07. The molecule has 2 aromatic rings. The van der Waals surface area contributed by atoms with Gasteiger partial charge in [-0.2, -0.15) is 15.0 Å². The van der Waals surface area contributed by atoms with Crippen LogP contribution in [-0.2, 0) is 6.42 Å². The summed E-state index contributed by atoms with van der Waals surface area (Å²) in [5, 5.41) is 6.20. The Morgan fingerprint density at radius 2 is 2.21 bits per heavy atom. The number of hydrogen-bond acceptors (Lipinski definition) is 7. The summed E-state index contributed by atoms with van der Waals surface area (Å²) in [6, 6.07) is 0.228. The first-order chi connectivity index (χ1) is 9.13. The number of rotatable bonds is 6. The fourth-order valence-corrected chi connectivity index (χ4v) is 2.10. The van der Waals surface area contributed by atoms with Crippen LogP contribution in [-0.4, -0.2) is 32.6 Å². The number of thiazole rings is 1. The Bertz CT molecular complexity index is 520. The Kier molecular flexibility index (Phi) is 4.86. The van der Waals surface area contributed by atoms with Crippen LogP contribution in [0.2, 0.25) is 5.28 Å². The van der Waals surface area contributed by atoms with Gasteiger partial charge < -0.3 is 10.1 Å². The highest BCUT2D eigenvalue weighted by Crippen LogP contribution is 2.13. The lowest BCUT2D eigenvalue weighted by atomic mass is 10.4. The van der Waals surface area contributed by atoms with Crippen molar-refractivity contribution in [1.29, 1.82) is 0 Å². The fraction of sp³-hybridized carbons (Fsp3) is 0.455. The topological polar surface area (TPSA) is 72.8 Å². The number of halogens is 1. The van der Waals surface area contributed by atoms with Crippen molar-refractivity contribution in [3.8, 4) is 6.01 Å². The van der Waals surface area contributed by atoms with Crippen LogP contribution in [0.1, 0.15) is 18.9 Å². The van der Waals surface area contributed by atoms with Gasteiger partial charge in [0.15, 0.2) is 0 Å². The zero-order valence-electron chi connectivity index (χ0n) is 10.6. The predicted octanol–water partition coefficient (Wildman–Crippen LogP) is 2.42. The largest absolute Gasteiger partial charge is 0.461 e. The highest BCUT2D eigenvalue weighted by molar-refractivity contribution is 7.09. The molecule has 2 aromatic heterocycles. The number of ether oxygens (including phenoxy) is 1. The quantitative estimate of drug-likeness (QED) is 0.883. The van der Waals surface area contributed by atoms with E-state index < -0.39 is 0 Å². The van der Waals surface area contributed by atoms with Gasteiger partial charge in [0.05, 0.1) is 11.1 Å². The van der Waals surface area contributed by atoms with Gasteiger partial charge in [0, 0.05) is 24.5 Å². The Balaban J connectivity index is 1.93. The predicted molar refractivity (Wildman–Crippen MR) is 74.9 cm³/mol. The van der Waals surface area contributed by atoms with Crippen molar-refractivity contribution in [2.45, 2.75) is 26.4 Å². The van der Waals surface area contributed by atoms with Crippen LogP contribution < -0.4 is 10.1 Å². The van der Waals surface area contributed by atoms with E-state index in [2.05, 4.69) is 25.3 Å². The van der Waals surface area contributed by atoms with Gasteiger partial charge in [-0.15, -0.1) is 11.3 Å². The van der Waals surface area contributed by atoms with Gasteiger partial charge in [0.2, 0.25) is 11.2 Å². The normalized spacial score (nSPS) is 10.7. The molecule has 1 N–H and O–H groups in total. The average Bonchev–Trinajstić information content (AvgIpc) is 2.80. The molecule has 0 spiro atoms. The van der Waals surface area contributed by atoms with Gasteiger partial charge in [0.1, 0.15) is 0 Å². The van der Waals surface area contributed by atoms with Crippen molar-refractivity contribution in [1.82, 2.24) is 19.9 Å². The standard InChI is InChI=1S/C11H14ClN5OS/c1-7(2)18-11-16-9(12)15-10(17-11)14-4-3-8-13-5-6-19-8/h5-7H,3-4H2,1-2H3,(H,14,15,16,17). The summed E-state index contributed by atoms with van der Waals surface area (Å²) in [6.45, 7) is 4.47. The molecule has 8 heteroatoms. The molecule has 2 rings (SSSR count). The maximum absolute atomic E-state index is 5.82. The van der Waals surface area contributed by atoms with E-state index >= 15 is 0 Å². The third-order valence-corrected chi connectivity index (χ3v) is 3.04. The molecule has 0 saturated heterocycles. The molecule has 0 unspecified atom stereocenters. The molecule has 19 heavy (non-hydrogen) atoms. The Labute approximate surface area is 120 Å². The Morgan fingerprint density at radius 3 is 2.89 bits per heavy atom. The van der Waals surface area contributed by atoms with Crippen LogP contribution in [0.4, 0.5) is 5.95 Å². The molecule has 0 bridgehead atoms. The van der Waals surface area contributed by atoms with Crippen molar-refractivity contribution >= 4 is 28.9 Å². The molecule has 0 fully saturated rings. The van der Waals surface area contributed by atoms with E-state index in [1.165, 1.54) is 0 Å². The van der Waals surface area contributed by atoms with Crippen LogP contribution in [0.5, 0.6) is 6.01 Å². The van der Waals surface area contributed by atoms with Crippen molar-refractivity contribution in [2.75, 3.05) is 11.9 Å². The molecule has 0 atom stereocenters. The van der Waals surface area contributed by atoms with E-state index in [0.29, 0.717) is 12.5 Å². The van der Waals surface area contributed by atoms with E-state index in [-0.39, 0.29) is 17.4 Å². The van der Waals surface area contributed by atoms with Gasteiger partial charge in [-0.05, 0) is 25.4 Å². The number of nitrogens with one attached hydrogen (secondary N) is 1. The van der Waals surface area contributed by atoms with E-state index in [1.54, 1.807) is 17.5 Å². The van der Waals surface area contributed by atoms with Gasteiger partial charge >= 0.3 is 6.01 Å². The average molecular weight is 300 g/mol. The molecule has 0 saturated carbocycles. The number of anilines is 1. The van der Waals surface area contributed by atoms with Crippen molar-refractivity contribution < 1.29 is 4.74 Å². The highest BCUT2D eigenvalue weighted by atomic mass is 35.5. The molecule has 0 amide bonds. The van der Waals surface area contributed by atoms with E-state index in [4.69, 9.17) is 16.3 Å². The molecular formula is C11H14ClN5OS. The Morgan fingerprint density at radius 1 is 1.37 bits per heavy atom. The molecule has 0 aliphatic carbocycles. The molecule has 2 heterocycles. The molecule has 0 aliphatic heterocycles. The second-order valence-electron chi connectivity index (χ2n) is 3.98. The number of nitrogens with zero attached hydrogens (tertiary/aromatic N) is 4. The summed E-state index contributed by atoms with van der Waals surface area (Å²) in [4.78, 5) is 16.2. The van der Waals surface area contributed by atoms with Gasteiger partial charge in [0.25, 0.3) is 0 Å². The lowest BCUT2D eigenvalue weighted by Gasteiger charge is -2.09. The summed E-state index contributed by atoms with van der Waals surface area (Å²) in [7, 11) is 0. The minimum absolute atomic E-state index is 0.0124. The first kappa shape index (κ1) is 14.0. The third kappa shape index (κ3) is 4.60. The van der Waals surface area contributed by atoms with Crippen LogP contribution in [0.25, 0.3) is 0 Å². The summed E-state index contributed by atoms with van der Waals surface area (Å²) < 4.78 is 5.39. The summed E-state index contributed by atoms with van der Waals surface area (Å²) in [6.07, 6.45) is 2.58. The van der Waals surface area contributed by atoms with E-state index in [0.717, 1.165) is 11.4 Å². The fourth-order valence-electron chi connectivity index (χ4n) is 1.33. The second-order valence-corrected chi connectivity index (χ2v) is 5.30. The summed E-state index contributed by atoms with van der Waals surface area (Å²) >= 11 is 7.44. The molecule has 102 valence electrons. The van der Waals surface area contributed by atoms with Crippen LogP contribution in [0.3, 0.4) is 0 Å². The third-order valence-electron chi connectivity index (χ3n) is 2.03. The number of hydrogen-bond donors (Lipinski definition) is 1. The van der Waals surface area contributed by atoms with Crippen molar-refractivity contribution in [3.63, 3.8) is 0 Å². The smallest absolute Gasteiger partial charge is 0.322 e. The van der Waals surface area contributed by atoms with E-state index in [1.807, 2.05) is 19.2 Å². The van der Waals surface area contributed by atoms with Crippen LogP contribution >= 0.6 is 22.9 Å². The lowest BCUT2D eigenvalue weighted by Crippen LogP contribution is -2.12. The number of aromatic nitrogens is 4. The summed E-state index contributed by atoms with van der Waals surface area (Å²) in [5.74, 6) is 0.409. The van der Waals surface area contributed by atoms with Crippen molar-refractivity contribution in [2.24, 2.45) is 0 Å². The first-order valence-electron chi connectivity index (χ1n) is 5.84. The summed E-state index contributed by atoms with van der Waals surface area (Å²) in [5.41, 5.74) is 0. The zero-order chi connectivity index (χ0) is 13.7. The SMILES string of the molecule is CC(C)Oc1nc(Cl)nc(NCCc2nccs2)n1. The van der Waals surface area contributed by atoms with E-state index in [9.17, 15) is 0 Å². The van der Waals surface area contributed by atoms with Gasteiger partial charge in [-0.1, -0.05) is 0 Å². The maximum Gasteiger partial charge on any atom is 0.322 e. The molecule has 0 radical (unpaired) electrons. The lowest BCUT2D eigenvalue weighted by molar-refractivity contribution is 0.222. The first-order valence-corrected chi connectivity index (χ1v) is 7.09. The molecule has 6 nitrogen and oxygen atoms in total. The maximum atomic E-state index is 5.82. The second kappa shape index (κ2) is 6.63. The molecular weight excluding hydrogens is 286 g/mol.